The number of rotatable bonds is 3. The van der Waals surface area contributed by atoms with Gasteiger partial charge in [0.25, 0.3) is 0 Å². The van der Waals surface area contributed by atoms with Crippen molar-refractivity contribution in [1.29, 1.82) is 0 Å². The Morgan fingerprint density at radius 2 is 1.94 bits per heavy atom. The molecule has 0 amide bonds. The molecule has 1 heteroatoms. The van der Waals surface area contributed by atoms with Crippen LogP contribution in [-0.2, 0) is 4.79 Å². The molecule has 0 N–H and O–H groups in total. The lowest BCUT2D eigenvalue weighted by Crippen LogP contribution is -2.21. The van der Waals surface area contributed by atoms with Gasteiger partial charge in [-0.2, -0.15) is 0 Å². The molecule has 2 fully saturated rings. The molecule has 0 radical (unpaired) electrons. The first kappa shape index (κ1) is 11.7. The number of ketones is 1. The van der Waals surface area contributed by atoms with Crippen LogP contribution >= 0.6 is 0 Å². The van der Waals surface area contributed by atoms with Crippen molar-refractivity contribution >= 4 is 11.9 Å². The van der Waals surface area contributed by atoms with E-state index >= 15 is 0 Å². The van der Waals surface area contributed by atoms with E-state index in [9.17, 15) is 4.79 Å². The van der Waals surface area contributed by atoms with Gasteiger partial charge in [0.15, 0.2) is 5.78 Å². The maximum atomic E-state index is 12.5. The molecule has 2 aliphatic rings. The first-order chi connectivity index (χ1) is 8.74. The summed E-state index contributed by atoms with van der Waals surface area (Å²) in [5, 5.41) is 0. The molecule has 2 bridgehead atoms. The van der Waals surface area contributed by atoms with Crippen LogP contribution in [0.4, 0.5) is 0 Å². The lowest BCUT2D eigenvalue weighted by molar-refractivity contribution is -0.120. The van der Waals surface area contributed by atoms with E-state index in [0.29, 0.717) is 17.6 Å². The predicted octanol–water partition coefficient (Wildman–Crippen LogP) is 4.10. The number of benzene rings is 1. The van der Waals surface area contributed by atoms with Crippen molar-refractivity contribution in [2.75, 3.05) is 0 Å². The molecule has 3 atom stereocenters. The molecule has 94 valence electrons. The van der Waals surface area contributed by atoms with Crippen molar-refractivity contribution < 1.29 is 4.79 Å². The Morgan fingerprint density at radius 1 is 1.17 bits per heavy atom. The summed E-state index contributed by atoms with van der Waals surface area (Å²) in [5.41, 5.74) is 2.06. The number of Topliss-reactive ketones (excluding diaryl/α,β-unsaturated/α-hetero) is 1. The van der Waals surface area contributed by atoms with Gasteiger partial charge >= 0.3 is 0 Å². The standard InChI is InChI=1S/C17H20O/c1-12(9-13-5-3-2-4-6-13)17(18)16-11-14-7-8-15(16)10-14/h2-6,9,14-16H,7-8,10-11H2,1H3. The Morgan fingerprint density at radius 3 is 2.56 bits per heavy atom. The summed E-state index contributed by atoms with van der Waals surface area (Å²) >= 11 is 0. The van der Waals surface area contributed by atoms with Gasteiger partial charge in [-0.25, -0.2) is 0 Å². The van der Waals surface area contributed by atoms with Crippen LogP contribution in [0, 0.1) is 17.8 Å². The fourth-order valence-corrected chi connectivity index (χ4v) is 3.73. The zero-order valence-corrected chi connectivity index (χ0v) is 10.9. The van der Waals surface area contributed by atoms with Crippen LogP contribution in [0.25, 0.3) is 6.08 Å². The number of allylic oxidation sites excluding steroid dienone is 1. The molecule has 0 aliphatic heterocycles. The van der Waals surface area contributed by atoms with E-state index in [1.165, 1.54) is 19.3 Å². The number of hydrogen-bond donors (Lipinski definition) is 0. The minimum atomic E-state index is 0.323. The Labute approximate surface area is 109 Å². The van der Waals surface area contributed by atoms with Crippen molar-refractivity contribution in [1.82, 2.24) is 0 Å². The molecule has 1 aromatic rings. The van der Waals surface area contributed by atoms with Gasteiger partial charge in [-0.05, 0) is 55.2 Å². The van der Waals surface area contributed by atoms with Gasteiger partial charge in [0.05, 0.1) is 0 Å². The molecule has 0 heterocycles. The van der Waals surface area contributed by atoms with Crippen molar-refractivity contribution in [3.05, 3.63) is 41.5 Å². The van der Waals surface area contributed by atoms with Crippen LogP contribution in [-0.4, -0.2) is 5.78 Å². The summed E-state index contributed by atoms with van der Waals surface area (Å²) in [7, 11) is 0. The minimum absolute atomic E-state index is 0.323. The van der Waals surface area contributed by atoms with Gasteiger partial charge in [-0.15, -0.1) is 0 Å². The van der Waals surface area contributed by atoms with Gasteiger partial charge in [0.1, 0.15) is 0 Å². The molecule has 1 aromatic carbocycles. The largest absolute Gasteiger partial charge is 0.294 e. The van der Waals surface area contributed by atoms with Crippen LogP contribution in [0.2, 0.25) is 0 Å². The first-order valence-corrected chi connectivity index (χ1v) is 7.01. The second-order valence-electron chi connectivity index (χ2n) is 5.88. The lowest BCUT2D eigenvalue weighted by atomic mass is 9.83. The van der Waals surface area contributed by atoms with E-state index in [0.717, 1.165) is 23.5 Å². The van der Waals surface area contributed by atoms with Gasteiger partial charge in [0, 0.05) is 5.92 Å². The van der Waals surface area contributed by atoms with E-state index in [-0.39, 0.29) is 0 Å². The highest BCUT2D eigenvalue weighted by atomic mass is 16.1. The third-order valence-corrected chi connectivity index (χ3v) is 4.65. The fourth-order valence-electron chi connectivity index (χ4n) is 3.73. The molecule has 0 saturated heterocycles. The number of fused-ring (bicyclic) bond motifs is 2. The SMILES string of the molecule is CC(=Cc1ccccc1)C(=O)C1CC2CCC1C2. The zero-order chi connectivity index (χ0) is 12.5. The van der Waals surface area contributed by atoms with Crippen molar-refractivity contribution in [3.8, 4) is 0 Å². The highest BCUT2D eigenvalue weighted by Gasteiger charge is 2.42. The molecule has 0 aromatic heterocycles. The summed E-state index contributed by atoms with van der Waals surface area (Å²) in [4.78, 5) is 12.5. The normalized spacial score (nSPS) is 30.7. The molecule has 3 unspecified atom stereocenters. The van der Waals surface area contributed by atoms with Crippen LogP contribution < -0.4 is 0 Å². The quantitative estimate of drug-likeness (QED) is 0.727. The summed E-state index contributed by atoms with van der Waals surface area (Å²) < 4.78 is 0. The third kappa shape index (κ3) is 2.14. The van der Waals surface area contributed by atoms with Gasteiger partial charge in [0.2, 0.25) is 0 Å². The minimum Gasteiger partial charge on any atom is -0.294 e. The maximum Gasteiger partial charge on any atom is 0.161 e. The average Bonchev–Trinajstić information content (AvgIpc) is 3.01. The lowest BCUT2D eigenvalue weighted by Gasteiger charge is -2.20. The zero-order valence-electron chi connectivity index (χ0n) is 10.9. The smallest absolute Gasteiger partial charge is 0.161 e. The Hall–Kier alpha value is -1.37. The summed E-state index contributed by atoms with van der Waals surface area (Å²) in [5.74, 6) is 2.24. The highest BCUT2D eigenvalue weighted by molar-refractivity contribution is 6.00. The Balaban J connectivity index is 1.75. The highest BCUT2D eigenvalue weighted by Crippen LogP contribution is 2.49. The third-order valence-electron chi connectivity index (χ3n) is 4.65. The van der Waals surface area contributed by atoms with E-state index in [1.54, 1.807) is 0 Å². The van der Waals surface area contributed by atoms with Gasteiger partial charge < -0.3 is 0 Å². The molecular weight excluding hydrogens is 220 g/mol. The summed E-state index contributed by atoms with van der Waals surface area (Å²) in [6.07, 6.45) is 7.11. The predicted molar refractivity (Wildman–Crippen MR) is 74.0 cm³/mol. The molecular formula is C17H20O. The molecule has 2 aliphatic carbocycles. The second kappa shape index (κ2) is 4.72. The molecule has 1 nitrogen and oxygen atoms in total. The van der Waals surface area contributed by atoms with Crippen LogP contribution in [0.1, 0.15) is 38.2 Å². The van der Waals surface area contributed by atoms with Crippen molar-refractivity contribution in [3.63, 3.8) is 0 Å². The Bertz CT molecular complexity index is 472. The summed E-state index contributed by atoms with van der Waals surface area (Å²) in [6.45, 7) is 1.97. The number of carbonyl (C=O) groups is 1. The molecule has 3 rings (SSSR count). The van der Waals surface area contributed by atoms with Crippen molar-refractivity contribution in [2.24, 2.45) is 17.8 Å². The first-order valence-electron chi connectivity index (χ1n) is 7.01. The average molecular weight is 240 g/mol. The van der Waals surface area contributed by atoms with Crippen LogP contribution in [0.15, 0.2) is 35.9 Å². The van der Waals surface area contributed by atoms with E-state index in [4.69, 9.17) is 0 Å². The van der Waals surface area contributed by atoms with E-state index in [2.05, 4.69) is 12.1 Å². The van der Waals surface area contributed by atoms with E-state index in [1.807, 2.05) is 31.2 Å². The second-order valence-corrected chi connectivity index (χ2v) is 5.88. The maximum absolute atomic E-state index is 12.5. The monoisotopic (exact) mass is 240 g/mol. The summed E-state index contributed by atoms with van der Waals surface area (Å²) in [6, 6.07) is 10.1. The Kier molecular flexibility index (Phi) is 3.07. The van der Waals surface area contributed by atoms with Gasteiger partial charge in [-0.1, -0.05) is 36.8 Å². The topological polar surface area (TPSA) is 17.1 Å². The molecule has 2 saturated carbocycles. The van der Waals surface area contributed by atoms with E-state index < -0.39 is 0 Å². The van der Waals surface area contributed by atoms with Crippen molar-refractivity contribution in [2.45, 2.75) is 32.6 Å². The van der Waals surface area contributed by atoms with Crippen LogP contribution in [0.3, 0.4) is 0 Å². The van der Waals surface area contributed by atoms with Gasteiger partial charge in [-0.3, -0.25) is 4.79 Å². The molecule has 0 spiro atoms. The molecule has 18 heavy (non-hydrogen) atoms. The number of carbonyl (C=O) groups excluding carboxylic acids is 1. The van der Waals surface area contributed by atoms with Crippen LogP contribution in [0.5, 0.6) is 0 Å². The number of hydrogen-bond acceptors (Lipinski definition) is 1. The fraction of sp³-hybridized carbons (Fsp3) is 0.471.